The Morgan fingerprint density at radius 3 is 2.54 bits per heavy atom. The molecule has 4 rings (SSSR count). The number of morpholine rings is 1. The van der Waals surface area contributed by atoms with Crippen LogP contribution in [0.3, 0.4) is 0 Å². The van der Waals surface area contributed by atoms with E-state index in [2.05, 4.69) is 91.4 Å². The van der Waals surface area contributed by atoms with Crippen molar-refractivity contribution in [3.8, 4) is 5.75 Å². The molecule has 0 unspecified atom stereocenters. The topological polar surface area (TPSA) is 98.1 Å². The zero-order chi connectivity index (χ0) is 27.6. The summed E-state index contributed by atoms with van der Waals surface area (Å²) < 4.78 is 20.3. The summed E-state index contributed by atoms with van der Waals surface area (Å²) in [7, 11) is 0. The van der Waals surface area contributed by atoms with Gasteiger partial charge in [0.25, 0.3) is 0 Å². The van der Waals surface area contributed by atoms with Gasteiger partial charge in [0.2, 0.25) is 5.95 Å². The number of aromatic hydroxyl groups is 1. The van der Waals surface area contributed by atoms with Gasteiger partial charge in [0.05, 0.1) is 29.2 Å². The first-order valence-electron chi connectivity index (χ1n) is 13.2. The van der Waals surface area contributed by atoms with Gasteiger partial charge in [-0.3, -0.25) is 4.90 Å². The SMILES string of the molecule is CCCN(CCC)Cc1ccc(Nc2cc(I)c(O)c(/C=N/Nc3ncc(F)c(N4CCOCC4)n3)c2)cc1. The first-order chi connectivity index (χ1) is 19.0. The molecule has 1 saturated heterocycles. The molecule has 1 fully saturated rings. The number of ether oxygens (including phenoxy) is 1. The highest BCUT2D eigenvalue weighted by molar-refractivity contribution is 14.1. The summed E-state index contributed by atoms with van der Waals surface area (Å²) in [5.41, 5.74) is 6.30. The van der Waals surface area contributed by atoms with Crippen LogP contribution in [0.4, 0.5) is 27.5 Å². The summed E-state index contributed by atoms with van der Waals surface area (Å²) in [6.45, 7) is 9.72. The van der Waals surface area contributed by atoms with Crippen LogP contribution < -0.4 is 15.6 Å². The van der Waals surface area contributed by atoms with Gasteiger partial charge in [-0.1, -0.05) is 26.0 Å². The Balaban J connectivity index is 1.42. The first-order valence-corrected chi connectivity index (χ1v) is 14.3. The second-order valence-electron chi connectivity index (χ2n) is 9.33. The number of anilines is 4. The largest absolute Gasteiger partial charge is 0.506 e. The Labute approximate surface area is 242 Å². The molecule has 1 aliphatic rings. The van der Waals surface area contributed by atoms with E-state index in [1.165, 1.54) is 11.8 Å². The lowest BCUT2D eigenvalue weighted by Crippen LogP contribution is -2.37. The fraction of sp³-hybridized carbons (Fsp3) is 0.393. The Hall–Kier alpha value is -3.03. The number of hydrogen-bond donors (Lipinski definition) is 3. The van der Waals surface area contributed by atoms with Crippen molar-refractivity contribution in [2.45, 2.75) is 33.2 Å². The fourth-order valence-corrected chi connectivity index (χ4v) is 5.03. The van der Waals surface area contributed by atoms with E-state index in [9.17, 15) is 9.50 Å². The van der Waals surface area contributed by atoms with Crippen LogP contribution in [0, 0.1) is 9.39 Å². The highest BCUT2D eigenvalue weighted by Gasteiger charge is 2.18. The molecule has 3 N–H and O–H groups in total. The van der Waals surface area contributed by atoms with Gasteiger partial charge >= 0.3 is 0 Å². The molecule has 2 heterocycles. The number of phenols is 1. The Morgan fingerprint density at radius 2 is 1.85 bits per heavy atom. The second kappa shape index (κ2) is 14.4. The average molecular weight is 648 g/mol. The molecule has 2 aromatic carbocycles. The van der Waals surface area contributed by atoms with Gasteiger partial charge in [0.1, 0.15) is 5.75 Å². The standard InChI is InChI=1S/C28H35FIN7O2/c1-3-9-36(10-4-2)19-20-5-7-22(8-6-20)33-23-15-21(26(38)25(30)16-23)17-32-35-28-31-18-24(29)27(34-28)37-11-13-39-14-12-37/h5-8,15-18,33,38H,3-4,9-14,19H2,1-2H3,(H,31,34,35)/b32-17+. The molecule has 11 heteroatoms. The molecule has 0 bridgehead atoms. The van der Waals surface area contributed by atoms with Crippen LogP contribution >= 0.6 is 22.6 Å². The van der Waals surface area contributed by atoms with Crippen LogP contribution in [0.5, 0.6) is 5.75 Å². The van der Waals surface area contributed by atoms with Gasteiger partial charge < -0.3 is 20.1 Å². The van der Waals surface area contributed by atoms with E-state index in [1.54, 1.807) is 0 Å². The van der Waals surface area contributed by atoms with E-state index in [1.807, 2.05) is 17.0 Å². The smallest absolute Gasteiger partial charge is 0.245 e. The zero-order valence-electron chi connectivity index (χ0n) is 22.3. The summed E-state index contributed by atoms with van der Waals surface area (Å²) in [4.78, 5) is 12.5. The lowest BCUT2D eigenvalue weighted by molar-refractivity contribution is 0.122. The molecule has 1 aromatic heterocycles. The van der Waals surface area contributed by atoms with Gasteiger partial charge in [-0.25, -0.2) is 14.8 Å². The van der Waals surface area contributed by atoms with E-state index < -0.39 is 5.82 Å². The summed E-state index contributed by atoms with van der Waals surface area (Å²) in [5.74, 6) is -0.00844. The number of phenolic OH excluding ortho intramolecular Hbond substituents is 1. The number of rotatable bonds is 12. The van der Waals surface area contributed by atoms with Crippen LogP contribution in [0.15, 0.2) is 47.7 Å². The Morgan fingerprint density at radius 1 is 1.13 bits per heavy atom. The molecule has 0 atom stereocenters. The number of nitrogens with zero attached hydrogens (tertiary/aromatic N) is 5. The lowest BCUT2D eigenvalue weighted by Gasteiger charge is -2.27. The molecule has 3 aromatic rings. The molecule has 0 spiro atoms. The quantitative estimate of drug-likeness (QED) is 0.102. The van der Waals surface area contributed by atoms with Crippen molar-refractivity contribution < 1.29 is 14.2 Å². The second-order valence-corrected chi connectivity index (χ2v) is 10.5. The van der Waals surface area contributed by atoms with Crippen LogP contribution in [0.25, 0.3) is 0 Å². The van der Waals surface area contributed by atoms with Crippen LogP contribution in [0.1, 0.15) is 37.8 Å². The van der Waals surface area contributed by atoms with Gasteiger partial charge in [-0.05, 0) is 78.4 Å². The van der Waals surface area contributed by atoms with Crippen molar-refractivity contribution in [1.29, 1.82) is 0 Å². The van der Waals surface area contributed by atoms with Gasteiger partial charge in [-0.2, -0.15) is 10.1 Å². The summed E-state index contributed by atoms with van der Waals surface area (Å²) in [5, 5.41) is 18.2. The van der Waals surface area contributed by atoms with E-state index in [0.29, 0.717) is 35.4 Å². The molecule has 0 aliphatic carbocycles. The maximum Gasteiger partial charge on any atom is 0.245 e. The maximum absolute atomic E-state index is 14.3. The van der Waals surface area contributed by atoms with Crippen molar-refractivity contribution in [1.82, 2.24) is 14.9 Å². The normalized spacial score (nSPS) is 13.8. The highest BCUT2D eigenvalue weighted by atomic mass is 127. The molecule has 39 heavy (non-hydrogen) atoms. The van der Waals surface area contributed by atoms with Crippen LogP contribution in [-0.4, -0.2) is 65.6 Å². The molecular weight excluding hydrogens is 612 g/mol. The molecule has 208 valence electrons. The molecule has 0 radical (unpaired) electrons. The van der Waals surface area contributed by atoms with Gasteiger partial charge in [-0.15, -0.1) is 0 Å². The third-order valence-electron chi connectivity index (χ3n) is 6.23. The monoisotopic (exact) mass is 647 g/mol. The average Bonchev–Trinajstić information content (AvgIpc) is 2.94. The first kappa shape index (κ1) is 29.0. The third kappa shape index (κ3) is 8.23. The van der Waals surface area contributed by atoms with Crippen LogP contribution in [0.2, 0.25) is 0 Å². The molecular formula is C28H35FIN7O2. The zero-order valence-corrected chi connectivity index (χ0v) is 24.5. The Bertz CT molecular complexity index is 1250. The highest BCUT2D eigenvalue weighted by Crippen LogP contribution is 2.29. The van der Waals surface area contributed by atoms with E-state index in [-0.39, 0.29) is 17.5 Å². The molecule has 0 amide bonds. The predicted octanol–water partition coefficient (Wildman–Crippen LogP) is 5.57. The lowest BCUT2D eigenvalue weighted by atomic mass is 10.1. The summed E-state index contributed by atoms with van der Waals surface area (Å²) in [6.07, 6.45) is 4.90. The Kier molecular flexibility index (Phi) is 10.7. The van der Waals surface area contributed by atoms with Gasteiger partial charge in [0.15, 0.2) is 11.6 Å². The minimum absolute atomic E-state index is 0.114. The van der Waals surface area contributed by atoms with Crippen molar-refractivity contribution in [3.05, 3.63) is 63.1 Å². The van der Waals surface area contributed by atoms with Gasteiger partial charge in [0, 0.05) is 36.6 Å². The van der Waals surface area contributed by atoms with E-state index in [0.717, 1.165) is 50.0 Å². The fourth-order valence-electron chi connectivity index (χ4n) is 4.38. The van der Waals surface area contributed by atoms with Crippen molar-refractivity contribution in [3.63, 3.8) is 0 Å². The van der Waals surface area contributed by atoms with Crippen molar-refractivity contribution in [2.75, 3.05) is 55.0 Å². The van der Waals surface area contributed by atoms with Crippen molar-refractivity contribution in [2.24, 2.45) is 5.10 Å². The summed E-state index contributed by atoms with van der Waals surface area (Å²) in [6, 6.07) is 12.1. The number of benzene rings is 2. The van der Waals surface area contributed by atoms with E-state index >= 15 is 0 Å². The summed E-state index contributed by atoms with van der Waals surface area (Å²) >= 11 is 2.09. The minimum Gasteiger partial charge on any atom is -0.506 e. The number of hydrogen-bond acceptors (Lipinski definition) is 9. The minimum atomic E-state index is -0.496. The maximum atomic E-state index is 14.3. The number of halogens is 2. The van der Waals surface area contributed by atoms with E-state index in [4.69, 9.17) is 4.74 Å². The molecule has 9 nitrogen and oxygen atoms in total. The van der Waals surface area contributed by atoms with Crippen LogP contribution in [-0.2, 0) is 11.3 Å². The molecule has 0 saturated carbocycles. The number of nitrogens with one attached hydrogen (secondary N) is 2. The molecule has 1 aliphatic heterocycles. The number of aromatic nitrogens is 2. The number of hydrazone groups is 1. The predicted molar refractivity (Wildman–Crippen MR) is 163 cm³/mol. The third-order valence-corrected chi connectivity index (χ3v) is 7.05. The van der Waals surface area contributed by atoms with Crippen molar-refractivity contribution >= 4 is 51.9 Å².